The van der Waals surface area contributed by atoms with E-state index in [1.807, 2.05) is 6.92 Å². The molecule has 0 spiro atoms. The molecule has 0 aliphatic heterocycles. The van der Waals surface area contributed by atoms with E-state index < -0.39 is 10.0 Å². The van der Waals surface area contributed by atoms with Gasteiger partial charge in [0.25, 0.3) is 0 Å². The lowest BCUT2D eigenvalue weighted by Gasteiger charge is -2.20. The van der Waals surface area contributed by atoms with Crippen LogP contribution in [0.15, 0.2) is 10.3 Å². The summed E-state index contributed by atoms with van der Waals surface area (Å²) in [5.74, 6) is 0. The van der Waals surface area contributed by atoms with E-state index in [2.05, 4.69) is 30.5 Å². The lowest BCUT2D eigenvalue weighted by molar-refractivity contribution is 0.268. The molecule has 0 bridgehead atoms. The van der Waals surface area contributed by atoms with Gasteiger partial charge in [-0.3, -0.25) is 0 Å². The van der Waals surface area contributed by atoms with Crippen molar-refractivity contribution >= 4 is 21.4 Å². The normalized spacial score (nSPS) is 12.5. The van der Waals surface area contributed by atoms with Crippen molar-refractivity contribution in [1.29, 1.82) is 0 Å². The highest BCUT2D eigenvalue weighted by atomic mass is 32.2. The molecule has 0 atom stereocenters. The minimum absolute atomic E-state index is 0.118. The standard InChI is InChI=1S/C14H26N2O3S2/c1-11(2)16(4)8-6-5-7-15-21(18,19)14-9-12(3)13(10-17)20-14/h9,11,15,17H,5-8,10H2,1-4H3. The van der Waals surface area contributed by atoms with E-state index >= 15 is 0 Å². The first kappa shape index (κ1) is 18.6. The first-order valence-electron chi connectivity index (χ1n) is 7.18. The lowest BCUT2D eigenvalue weighted by atomic mass is 10.2. The summed E-state index contributed by atoms with van der Waals surface area (Å²) in [6.45, 7) is 7.38. The smallest absolute Gasteiger partial charge is 0.250 e. The number of sulfonamides is 1. The largest absolute Gasteiger partial charge is 0.391 e. The Morgan fingerprint density at radius 3 is 2.57 bits per heavy atom. The van der Waals surface area contributed by atoms with Gasteiger partial charge < -0.3 is 10.0 Å². The number of thiophene rings is 1. The molecule has 7 heteroatoms. The van der Waals surface area contributed by atoms with Crippen LogP contribution in [0.3, 0.4) is 0 Å². The topological polar surface area (TPSA) is 69.6 Å². The van der Waals surface area contributed by atoms with Crippen LogP contribution in [0, 0.1) is 6.92 Å². The summed E-state index contributed by atoms with van der Waals surface area (Å²) in [7, 11) is -1.38. The first-order chi connectivity index (χ1) is 9.77. The molecular formula is C14H26N2O3S2. The predicted octanol–water partition coefficient (Wildman–Crippen LogP) is 1.95. The molecule has 1 rings (SSSR count). The van der Waals surface area contributed by atoms with Gasteiger partial charge >= 0.3 is 0 Å². The Bertz CT molecular complexity index is 538. The molecule has 0 fully saturated rings. The highest BCUT2D eigenvalue weighted by molar-refractivity contribution is 7.91. The van der Waals surface area contributed by atoms with Gasteiger partial charge in [-0.05, 0) is 58.8 Å². The van der Waals surface area contributed by atoms with Gasteiger partial charge in [0, 0.05) is 17.5 Å². The van der Waals surface area contributed by atoms with Crippen LogP contribution in [0.2, 0.25) is 0 Å². The monoisotopic (exact) mass is 334 g/mol. The van der Waals surface area contributed by atoms with Crippen LogP contribution in [0.5, 0.6) is 0 Å². The summed E-state index contributed by atoms with van der Waals surface area (Å²) in [5, 5.41) is 9.13. The maximum absolute atomic E-state index is 12.1. The Kier molecular flexibility index (Phi) is 7.29. The van der Waals surface area contributed by atoms with Crippen LogP contribution in [0.4, 0.5) is 0 Å². The number of aliphatic hydroxyl groups excluding tert-OH is 1. The molecule has 0 radical (unpaired) electrons. The molecule has 0 unspecified atom stereocenters. The third kappa shape index (κ3) is 5.67. The zero-order valence-electron chi connectivity index (χ0n) is 13.2. The quantitative estimate of drug-likeness (QED) is 0.677. The van der Waals surface area contributed by atoms with Crippen LogP contribution in [0.25, 0.3) is 0 Å². The highest BCUT2D eigenvalue weighted by Crippen LogP contribution is 2.25. The zero-order chi connectivity index (χ0) is 16.0. The molecule has 0 saturated heterocycles. The highest BCUT2D eigenvalue weighted by Gasteiger charge is 2.18. The minimum atomic E-state index is -3.45. The van der Waals surface area contributed by atoms with E-state index in [1.165, 1.54) is 0 Å². The van der Waals surface area contributed by atoms with Gasteiger partial charge in [0.1, 0.15) is 4.21 Å². The van der Waals surface area contributed by atoms with Crippen LogP contribution in [-0.2, 0) is 16.6 Å². The Morgan fingerprint density at radius 1 is 1.38 bits per heavy atom. The van der Waals surface area contributed by atoms with Crippen molar-refractivity contribution in [2.75, 3.05) is 20.1 Å². The van der Waals surface area contributed by atoms with Gasteiger partial charge in [-0.15, -0.1) is 11.3 Å². The van der Waals surface area contributed by atoms with E-state index in [0.29, 0.717) is 17.5 Å². The Hall–Kier alpha value is -0.470. The molecule has 21 heavy (non-hydrogen) atoms. The number of aryl methyl sites for hydroxylation is 1. The molecule has 1 heterocycles. The first-order valence-corrected chi connectivity index (χ1v) is 9.48. The van der Waals surface area contributed by atoms with Crippen molar-refractivity contribution in [2.45, 2.75) is 50.5 Å². The van der Waals surface area contributed by atoms with Gasteiger partial charge in [-0.25, -0.2) is 13.1 Å². The molecule has 0 aromatic carbocycles. The van der Waals surface area contributed by atoms with Crippen molar-refractivity contribution < 1.29 is 13.5 Å². The Balaban J connectivity index is 2.43. The van der Waals surface area contributed by atoms with Crippen molar-refractivity contribution in [1.82, 2.24) is 9.62 Å². The average molecular weight is 335 g/mol. The van der Waals surface area contributed by atoms with Gasteiger partial charge in [0.2, 0.25) is 10.0 Å². The number of nitrogens with zero attached hydrogens (tertiary/aromatic N) is 1. The maximum Gasteiger partial charge on any atom is 0.250 e. The molecule has 0 aliphatic rings. The third-order valence-electron chi connectivity index (χ3n) is 3.52. The summed E-state index contributed by atoms with van der Waals surface area (Å²) < 4.78 is 27.2. The second-order valence-electron chi connectivity index (χ2n) is 5.51. The van der Waals surface area contributed by atoms with E-state index in [4.69, 9.17) is 5.11 Å². The number of hydrogen-bond donors (Lipinski definition) is 2. The van der Waals surface area contributed by atoms with Gasteiger partial charge in [0.15, 0.2) is 0 Å². The average Bonchev–Trinajstić information content (AvgIpc) is 2.80. The second kappa shape index (κ2) is 8.24. The van der Waals surface area contributed by atoms with Crippen molar-refractivity contribution in [3.63, 3.8) is 0 Å². The minimum Gasteiger partial charge on any atom is -0.391 e. The van der Waals surface area contributed by atoms with Gasteiger partial charge in [-0.1, -0.05) is 0 Å². The molecule has 0 amide bonds. The Labute approximate surface area is 132 Å². The third-order valence-corrected chi connectivity index (χ3v) is 6.67. The van der Waals surface area contributed by atoms with Crippen molar-refractivity contribution in [3.05, 3.63) is 16.5 Å². The van der Waals surface area contributed by atoms with Crippen LogP contribution in [0.1, 0.15) is 37.1 Å². The molecular weight excluding hydrogens is 308 g/mol. The predicted molar refractivity (Wildman–Crippen MR) is 87.2 cm³/mol. The number of nitrogens with one attached hydrogen (secondary N) is 1. The van der Waals surface area contributed by atoms with Crippen LogP contribution >= 0.6 is 11.3 Å². The number of hydrogen-bond acceptors (Lipinski definition) is 5. The molecule has 1 aromatic heterocycles. The number of unbranched alkanes of at least 4 members (excludes halogenated alkanes) is 1. The SMILES string of the molecule is Cc1cc(S(=O)(=O)NCCCCN(C)C(C)C)sc1CO. The van der Waals surface area contributed by atoms with E-state index in [9.17, 15) is 8.42 Å². The fourth-order valence-corrected chi connectivity index (χ4v) is 4.37. The summed E-state index contributed by atoms with van der Waals surface area (Å²) >= 11 is 1.13. The molecule has 5 nitrogen and oxygen atoms in total. The molecule has 122 valence electrons. The van der Waals surface area contributed by atoms with E-state index in [-0.39, 0.29) is 10.8 Å². The van der Waals surface area contributed by atoms with Gasteiger partial charge in [-0.2, -0.15) is 0 Å². The number of rotatable bonds is 9. The lowest BCUT2D eigenvalue weighted by Crippen LogP contribution is -2.28. The molecule has 0 aliphatic carbocycles. The van der Waals surface area contributed by atoms with Crippen LogP contribution in [-0.4, -0.2) is 44.6 Å². The summed E-state index contributed by atoms with van der Waals surface area (Å²) in [6.07, 6.45) is 1.77. The zero-order valence-corrected chi connectivity index (χ0v) is 14.9. The van der Waals surface area contributed by atoms with Gasteiger partial charge in [0.05, 0.1) is 6.61 Å². The van der Waals surface area contributed by atoms with E-state index in [1.54, 1.807) is 6.07 Å². The fourth-order valence-electron chi connectivity index (χ4n) is 1.80. The maximum atomic E-state index is 12.1. The molecule has 2 N–H and O–H groups in total. The molecule has 1 aromatic rings. The summed E-state index contributed by atoms with van der Waals surface area (Å²) in [5.41, 5.74) is 0.821. The fraction of sp³-hybridized carbons (Fsp3) is 0.714. The van der Waals surface area contributed by atoms with Crippen molar-refractivity contribution in [2.24, 2.45) is 0 Å². The number of aliphatic hydroxyl groups is 1. The summed E-state index contributed by atoms with van der Waals surface area (Å²) in [4.78, 5) is 2.94. The second-order valence-corrected chi connectivity index (χ2v) is 8.64. The van der Waals surface area contributed by atoms with Crippen LogP contribution < -0.4 is 4.72 Å². The summed E-state index contributed by atoms with van der Waals surface area (Å²) in [6, 6.07) is 2.12. The van der Waals surface area contributed by atoms with Crippen molar-refractivity contribution in [3.8, 4) is 0 Å². The molecule has 0 saturated carbocycles. The van der Waals surface area contributed by atoms with E-state index in [0.717, 1.165) is 36.3 Å². The Morgan fingerprint density at radius 2 is 2.05 bits per heavy atom.